The van der Waals surface area contributed by atoms with E-state index in [0.29, 0.717) is 12.3 Å². The van der Waals surface area contributed by atoms with E-state index in [9.17, 15) is 0 Å². The van der Waals surface area contributed by atoms with Crippen molar-refractivity contribution >= 4 is 11.6 Å². The largest absolute Gasteiger partial charge is 0.439 e. The Kier molecular flexibility index (Phi) is 3.84. The molecule has 1 aromatic heterocycles. The summed E-state index contributed by atoms with van der Waals surface area (Å²) in [5.74, 6) is 1.31. The van der Waals surface area contributed by atoms with Gasteiger partial charge in [-0.15, -0.1) is 11.6 Å². The summed E-state index contributed by atoms with van der Waals surface area (Å²) in [4.78, 5) is 4.29. The van der Waals surface area contributed by atoms with Crippen molar-refractivity contribution in [1.82, 2.24) is 4.98 Å². The minimum atomic E-state index is -0.255. The second-order valence-corrected chi connectivity index (χ2v) is 5.11. The molecule has 1 heterocycles. The summed E-state index contributed by atoms with van der Waals surface area (Å²) in [7, 11) is 0. The van der Waals surface area contributed by atoms with Gasteiger partial charge >= 0.3 is 0 Å². The fraction of sp³-hybridized carbons (Fsp3) is 0.118. The average molecular weight is 284 g/mol. The lowest BCUT2D eigenvalue weighted by atomic mass is 10.1. The van der Waals surface area contributed by atoms with Gasteiger partial charge in [-0.25, -0.2) is 4.98 Å². The van der Waals surface area contributed by atoms with Gasteiger partial charge in [-0.05, 0) is 12.0 Å². The highest BCUT2D eigenvalue weighted by Gasteiger charge is 2.15. The zero-order valence-electron chi connectivity index (χ0n) is 10.9. The zero-order valence-corrected chi connectivity index (χ0v) is 11.6. The summed E-state index contributed by atoms with van der Waals surface area (Å²) in [6.45, 7) is 0. The van der Waals surface area contributed by atoms with Crippen LogP contribution in [-0.4, -0.2) is 4.98 Å². The third kappa shape index (κ3) is 2.91. The summed E-state index contributed by atoms with van der Waals surface area (Å²) >= 11 is 6.39. The smallest absolute Gasteiger partial charge is 0.213 e. The quantitative estimate of drug-likeness (QED) is 0.639. The van der Waals surface area contributed by atoms with Gasteiger partial charge in [0, 0.05) is 5.56 Å². The van der Waals surface area contributed by atoms with Crippen molar-refractivity contribution in [2.75, 3.05) is 0 Å². The van der Waals surface area contributed by atoms with Gasteiger partial charge in [-0.2, -0.15) is 0 Å². The molecule has 0 amide bonds. The number of hydrogen-bond acceptors (Lipinski definition) is 2. The molecular weight excluding hydrogens is 270 g/mol. The topological polar surface area (TPSA) is 26.0 Å². The minimum absolute atomic E-state index is 0.255. The van der Waals surface area contributed by atoms with E-state index in [1.165, 1.54) is 5.56 Å². The highest BCUT2D eigenvalue weighted by atomic mass is 35.5. The van der Waals surface area contributed by atoms with Gasteiger partial charge in [-0.3, -0.25) is 0 Å². The Balaban J connectivity index is 1.77. The fourth-order valence-electron chi connectivity index (χ4n) is 2.08. The van der Waals surface area contributed by atoms with Crippen molar-refractivity contribution < 1.29 is 4.42 Å². The van der Waals surface area contributed by atoms with Crippen LogP contribution in [0.2, 0.25) is 0 Å². The maximum Gasteiger partial charge on any atom is 0.213 e. The molecule has 100 valence electrons. The zero-order chi connectivity index (χ0) is 13.8. The number of aromatic nitrogens is 1. The van der Waals surface area contributed by atoms with Crippen LogP contribution in [0.25, 0.3) is 11.3 Å². The number of benzene rings is 2. The summed E-state index contributed by atoms with van der Waals surface area (Å²) in [6.07, 6.45) is 2.43. The van der Waals surface area contributed by atoms with Crippen LogP contribution in [0, 0.1) is 0 Å². The molecule has 0 saturated carbocycles. The molecule has 0 radical (unpaired) electrons. The predicted molar refractivity (Wildman–Crippen MR) is 80.7 cm³/mol. The van der Waals surface area contributed by atoms with Crippen LogP contribution in [0.5, 0.6) is 0 Å². The number of oxazole rings is 1. The molecule has 20 heavy (non-hydrogen) atoms. The van der Waals surface area contributed by atoms with Crippen LogP contribution in [0.1, 0.15) is 16.8 Å². The van der Waals surface area contributed by atoms with Crippen LogP contribution in [-0.2, 0) is 6.42 Å². The summed E-state index contributed by atoms with van der Waals surface area (Å²) < 4.78 is 5.76. The van der Waals surface area contributed by atoms with Crippen molar-refractivity contribution in [3.05, 3.63) is 78.3 Å². The van der Waals surface area contributed by atoms with Crippen LogP contribution in [0.3, 0.4) is 0 Å². The number of nitrogens with zero attached hydrogens (tertiary/aromatic N) is 1. The highest BCUT2D eigenvalue weighted by molar-refractivity contribution is 6.20. The lowest BCUT2D eigenvalue weighted by molar-refractivity contribution is 0.498. The molecule has 1 unspecified atom stereocenters. The van der Waals surface area contributed by atoms with Crippen LogP contribution in [0.4, 0.5) is 0 Å². The van der Waals surface area contributed by atoms with Crippen LogP contribution >= 0.6 is 11.6 Å². The van der Waals surface area contributed by atoms with Crippen molar-refractivity contribution in [1.29, 1.82) is 0 Å². The minimum Gasteiger partial charge on any atom is -0.439 e. The molecular formula is C17H14ClNO. The van der Waals surface area contributed by atoms with E-state index in [4.69, 9.17) is 16.0 Å². The predicted octanol–water partition coefficient (Wildman–Crippen LogP) is 4.86. The Labute approximate surface area is 123 Å². The molecule has 0 N–H and O–H groups in total. The van der Waals surface area contributed by atoms with Gasteiger partial charge < -0.3 is 4.42 Å². The molecule has 0 aliphatic heterocycles. The molecule has 3 heteroatoms. The molecule has 2 nitrogen and oxygen atoms in total. The van der Waals surface area contributed by atoms with Gasteiger partial charge in [0.1, 0.15) is 5.38 Å². The third-order valence-electron chi connectivity index (χ3n) is 3.11. The molecule has 3 aromatic rings. The van der Waals surface area contributed by atoms with Crippen LogP contribution < -0.4 is 0 Å². The van der Waals surface area contributed by atoms with E-state index >= 15 is 0 Å². The first-order valence-corrected chi connectivity index (χ1v) is 6.96. The summed E-state index contributed by atoms with van der Waals surface area (Å²) in [5.41, 5.74) is 2.18. The van der Waals surface area contributed by atoms with Gasteiger partial charge in [-0.1, -0.05) is 60.7 Å². The molecule has 2 aromatic carbocycles. The van der Waals surface area contributed by atoms with Crippen LogP contribution in [0.15, 0.2) is 71.3 Å². The molecule has 0 bridgehead atoms. The monoisotopic (exact) mass is 283 g/mol. The van der Waals surface area contributed by atoms with E-state index in [1.807, 2.05) is 48.5 Å². The third-order valence-corrected chi connectivity index (χ3v) is 3.45. The number of halogens is 1. The van der Waals surface area contributed by atoms with Gasteiger partial charge in [0.15, 0.2) is 5.76 Å². The van der Waals surface area contributed by atoms with Crippen molar-refractivity contribution in [2.24, 2.45) is 0 Å². The van der Waals surface area contributed by atoms with E-state index < -0.39 is 0 Å². The Morgan fingerprint density at radius 3 is 2.30 bits per heavy atom. The maximum atomic E-state index is 6.39. The standard InChI is InChI=1S/C17H14ClNO/c18-15(11-13-7-3-1-4-8-13)17-19-12-16(20-17)14-9-5-2-6-10-14/h1-10,12,15H,11H2. The molecule has 0 fully saturated rings. The summed E-state index contributed by atoms with van der Waals surface area (Å²) in [6, 6.07) is 20.0. The van der Waals surface area contributed by atoms with E-state index in [0.717, 1.165) is 11.3 Å². The molecule has 0 aliphatic rings. The SMILES string of the molecule is ClC(Cc1ccccc1)c1ncc(-c2ccccc2)o1. The molecule has 3 rings (SSSR count). The lowest BCUT2D eigenvalue weighted by Gasteiger charge is -2.05. The van der Waals surface area contributed by atoms with E-state index in [1.54, 1.807) is 6.20 Å². The van der Waals surface area contributed by atoms with E-state index in [-0.39, 0.29) is 5.38 Å². The van der Waals surface area contributed by atoms with Crippen molar-refractivity contribution in [3.8, 4) is 11.3 Å². The highest BCUT2D eigenvalue weighted by Crippen LogP contribution is 2.28. The van der Waals surface area contributed by atoms with Gasteiger partial charge in [0.2, 0.25) is 5.89 Å². The molecule has 0 aliphatic carbocycles. The first kappa shape index (κ1) is 12.9. The Morgan fingerprint density at radius 1 is 0.950 bits per heavy atom. The second kappa shape index (κ2) is 5.93. The first-order valence-electron chi connectivity index (χ1n) is 6.52. The molecule has 0 saturated heterocycles. The molecule has 1 atom stereocenters. The molecule has 0 spiro atoms. The lowest BCUT2D eigenvalue weighted by Crippen LogP contribution is -1.95. The number of hydrogen-bond donors (Lipinski definition) is 0. The first-order chi connectivity index (χ1) is 9.83. The van der Waals surface area contributed by atoms with E-state index in [2.05, 4.69) is 17.1 Å². The van der Waals surface area contributed by atoms with Crippen molar-refractivity contribution in [3.63, 3.8) is 0 Å². The second-order valence-electron chi connectivity index (χ2n) is 4.59. The number of rotatable bonds is 4. The Bertz CT molecular complexity index is 664. The number of alkyl halides is 1. The van der Waals surface area contributed by atoms with Crippen molar-refractivity contribution in [2.45, 2.75) is 11.8 Å². The van der Waals surface area contributed by atoms with Gasteiger partial charge in [0.25, 0.3) is 0 Å². The normalized spacial score (nSPS) is 12.2. The Morgan fingerprint density at radius 2 is 1.60 bits per heavy atom. The summed E-state index contributed by atoms with van der Waals surface area (Å²) in [5, 5.41) is -0.255. The van der Waals surface area contributed by atoms with Gasteiger partial charge in [0.05, 0.1) is 6.20 Å². The Hall–Kier alpha value is -2.06. The average Bonchev–Trinajstić information content (AvgIpc) is 2.99. The fourth-order valence-corrected chi connectivity index (χ4v) is 2.36. The maximum absolute atomic E-state index is 6.39.